The topological polar surface area (TPSA) is 41.6 Å². The fourth-order valence-corrected chi connectivity index (χ4v) is 2.64. The van der Waals surface area contributed by atoms with Crippen molar-refractivity contribution in [1.82, 2.24) is 10.2 Å². The van der Waals surface area contributed by atoms with E-state index in [2.05, 4.69) is 36.2 Å². The van der Waals surface area contributed by atoms with E-state index in [4.69, 9.17) is 4.74 Å². The normalized spacial score (nSPS) is 15.8. The Morgan fingerprint density at radius 2 is 1.90 bits per heavy atom. The zero-order valence-corrected chi connectivity index (χ0v) is 13.3. The van der Waals surface area contributed by atoms with Crippen LogP contribution in [0, 0.1) is 5.92 Å². The van der Waals surface area contributed by atoms with Gasteiger partial charge >= 0.3 is 0 Å². The molecule has 2 rings (SSSR count). The largest absolute Gasteiger partial charge is 0.497 e. The standard InChI is InChI=1S/C17H26N2O2/c1-4-19(5-2)16(12-18-17(20)14-6-7-14)13-8-10-15(21-3)11-9-13/h8-11,14,16H,4-7,12H2,1-3H3,(H,18,20). The van der Waals surface area contributed by atoms with Gasteiger partial charge in [-0.15, -0.1) is 0 Å². The molecule has 1 unspecified atom stereocenters. The third-order valence-electron chi connectivity index (χ3n) is 4.17. The van der Waals surface area contributed by atoms with Crippen LogP contribution in [0.15, 0.2) is 24.3 Å². The van der Waals surface area contributed by atoms with Gasteiger partial charge in [-0.1, -0.05) is 26.0 Å². The molecule has 1 aromatic carbocycles. The zero-order chi connectivity index (χ0) is 15.2. The Bertz CT molecular complexity index is 450. The highest BCUT2D eigenvalue weighted by atomic mass is 16.5. The summed E-state index contributed by atoms with van der Waals surface area (Å²) < 4.78 is 5.22. The molecule has 0 bridgehead atoms. The van der Waals surface area contributed by atoms with E-state index in [1.807, 2.05) is 12.1 Å². The van der Waals surface area contributed by atoms with E-state index < -0.39 is 0 Å². The third kappa shape index (κ3) is 4.21. The van der Waals surface area contributed by atoms with Gasteiger partial charge in [0, 0.05) is 12.5 Å². The molecule has 0 aliphatic heterocycles. The number of amides is 1. The van der Waals surface area contributed by atoms with Crippen molar-refractivity contribution in [2.75, 3.05) is 26.7 Å². The van der Waals surface area contributed by atoms with Gasteiger partial charge in [0.2, 0.25) is 5.91 Å². The van der Waals surface area contributed by atoms with Crippen LogP contribution >= 0.6 is 0 Å². The fraction of sp³-hybridized carbons (Fsp3) is 0.588. The van der Waals surface area contributed by atoms with Crippen LogP contribution in [-0.4, -0.2) is 37.6 Å². The van der Waals surface area contributed by atoms with E-state index in [0.29, 0.717) is 6.54 Å². The van der Waals surface area contributed by atoms with Gasteiger partial charge in [0.25, 0.3) is 0 Å². The molecule has 0 spiro atoms. The molecular formula is C17H26N2O2. The lowest BCUT2D eigenvalue weighted by molar-refractivity contribution is -0.122. The van der Waals surface area contributed by atoms with Crippen molar-refractivity contribution in [2.45, 2.75) is 32.7 Å². The first-order valence-corrected chi connectivity index (χ1v) is 7.85. The number of nitrogens with one attached hydrogen (secondary N) is 1. The van der Waals surface area contributed by atoms with Crippen LogP contribution in [0.3, 0.4) is 0 Å². The molecule has 0 radical (unpaired) electrons. The minimum absolute atomic E-state index is 0.209. The zero-order valence-electron chi connectivity index (χ0n) is 13.3. The molecule has 1 aliphatic rings. The van der Waals surface area contributed by atoms with Crippen molar-refractivity contribution in [2.24, 2.45) is 5.92 Å². The first-order chi connectivity index (χ1) is 10.2. The number of carbonyl (C=O) groups excluding carboxylic acids is 1. The maximum absolute atomic E-state index is 11.9. The van der Waals surface area contributed by atoms with Crippen LogP contribution in [0.4, 0.5) is 0 Å². The quantitative estimate of drug-likeness (QED) is 0.800. The van der Waals surface area contributed by atoms with E-state index in [1.54, 1.807) is 7.11 Å². The summed E-state index contributed by atoms with van der Waals surface area (Å²) in [6, 6.07) is 8.35. The summed E-state index contributed by atoms with van der Waals surface area (Å²) in [6.07, 6.45) is 2.09. The van der Waals surface area contributed by atoms with Crippen molar-refractivity contribution < 1.29 is 9.53 Å². The van der Waals surface area contributed by atoms with Crippen LogP contribution in [0.5, 0.6) is 5.75 Å². The van der Waals surface area contributed by atoms with Crippen LogP contribution in [0.25, 0.3) is 0 Å². The Labute approximate surface area is 127 Å². The third-order valence-corrected chi connectivity index (χ3v) is 4.17. The fourth-order valence-electron chi connectivity index (χ4n) is 2.64. The second-order valence-electron chi connectivity index (χ2n) is 5.53. The predicted molar refractivity (Wildman–Crippen MR) is 84.4 cm³/mol. The van der Waals surface area contributed by atoms with Gasteiger partial charge in [-0.05, 0) is 43.6 Å². The van der Waals surface area contributed by atoms with Gasteiger partial charge in [0.1, 0.15) is 5.75 Å². The van der Waals surface area contributed by atoms with E-state index in [9.17, 15) is 4.79 Å². The molecule has 1 saturated carbocycles. The second-order valence-corrected chi connectivity index (χ2v) is 5.53. The molecule has 4 heteroatoms. The number of likely N-dealkylation sites (N-methyl/N-ethyl adjacent to an activating group) is 1. The number of hydrogen-bond donors (Lipinski definition) is 1. The van der Waals surface area contributed by atoms with Gasteiger partial charge in [-0.2, -0.15) is 0 Å². The lowest BCUT2D eigenvalue weighted by Gasteiger charge is -2.30. The maximum Gasteiger partial charge on any atom is 0.223 e. The average molecular weight is 290 g/mol. The molecule has 1 N–H and O–H groups in total. The Morgan fingerprint density at radius 3 is 2.38 bits per heavy atom. The Balaban J connectivity index is 2.07. The lowest BCUT2D eigenvalue weighted by atomic mass is 10.0. The maximum atomic E-state index is 11.9. The summed E-state index contributed by atoms with van der Waals surface area (Å²) in [5.74, 6) is 1.33. The Kier molecular flexibility index (Phi) is 5.62. The number of nitrogens with zero attached hydrogens (tertiary/aromatic N) is 1. The molecular weight excluding hydrogens is 264 g/mol. The molecule has 1 atom stereocenters. The van der Waals surface area contributed by atoms with Crippen molar-refractivity contribution in [1.29, 1.82) is 0 Å². The molecule has 1 amide bonds. The van der Waals surface area contributed by atoms with Crippen LogP contribution < -0.4 is 10.1 Å². The highest BCUT2D eigenvalue weighted by molar-refractivity contribution is 5.80. The van der Waals surface area contributed by atoms with Crippen molar-refractivity contribution in [3.05, 3.63) is 29.8 Å². The first kappa shape index (κ1) is 15.8. The van der Waals surface area contributed by atoms with Gasteiger partial charge in [0.15, 0.2) is 0 Å². The Morgan fingerprint density at radius 1 is 1.29 bits per heavy atom. The smallest absolute Gasteiger partial charge is 0.223 e. The Hall–Kier alpha value is -1.55. The predicted octanol–water partition coefficient (Wildman–Crippen LogP) is 2.60. The van der Waals surface area contributed by atoms with Gasteiger partial charge in [-0.3, -0.25) is 9.69 Å². The molecule has 1 aliphatic carbocycles. The van der Waals surface area contributed by atoms with Gasteiger partial charge < -0.3 is 10.1 Å². The van der Waals surface area contributed by atoms with E-state index >= 15 is 0 Å². The summed E-state index contributed by atoms with van der Waals surface area (Å²) in [4.78, 5) is 14.3. The van der Waals surface area contributed by atoms with E-state index in [1.165, 1.54) is 5.56 Å². The van der Waals surface area contributed by atoms with Crippen molar-refractivity contribution in [3.63, 3.8) is 0 Å². The molecule has 21 heavy (non-hydrogen) atoms. The second kappa shape index (κ2) is 7.46. The number of benzene rings is 1. The first-order valence-electron chi connectivity index (χ1n) is 7.85. The summed E-state index contributed by atoms with van der Waals surface area (Å²) >= 11 is 0. The molecule has 0 heterocycles. The monoisotopic (exact) mass is 290 g/mol. The minimum atomic E-state index is 0.209. The molecule has 0 aromatic heterocycles. The van der Waals surface area contributed by atoms with Crippen LogP contribution in [0.1, 0.15) is 38.3 Å². The molecule has 116 valence electrons. The average Bonchev–Trinajstić information content (AvgIpc) is 3.36. The number of rotatable bonds is 8. The number of hydrogen-bond acceptors (Lipinski definition) is 3. The minimum Gasteiger partial charge on any atom is -0.497 e. The molecule has 1 aromatic rings. The molecule has 0 saturated heterocycles. The summed E-state index contributed by atoms with van der Waals surface area (Å²) in [7, 11) is 1.67. The highest BCUT2D eigenvalue weighted by Gasteiger charge is 2.30. The highest BCUT2D eigenvalue weighted by Crippen LogP contribution is 2.29. The van der Waals surface area contributed by atoms with Gasteiger partial charge in [0.05, 0.1) is 13.2 Å². The van der Waals surface area contributed by atoms with E-state index in [-0.39, 0.29) is 17.9 Å². The lowest BCUT2D eigenvalue weighted by Crippen LogP contribution is -2.38. The van der Waals surface area contributed by atoms with Crippen molar-refractivity contribution >= 4 is 5.91 Å². The summed E-state index contributed by atoms with van der Waals surface area (Å²) in [5, 5.41) is 3.11. The molecule has 4 nitrogen and oxygen atoms in total. The van der Waals surface area contributed by atoms with Crippen molar-refractivity contribution in [3.8, 4) is 5.75 Å². The summed E-state index contributed by atoms with van der Waals surface area (Å²) in [6.45, 7) is 6.91. The van der Waals surface area contributed by atoms with Crippen LogP contribution in [0.2, 0.25) is 0 Å². The SMILES string of the molecule is CCN(CC)C(CNC(=O)C1CC1)c1ccc(OC)cc1. The molecule has 1 fully saturated rings. The van der Waals surface area contributed by atoms with Gasteiger partial charge in [-0.25, -0.2) is 0 Å². The summed E-state index contributed by atoms with van der Waals surface area (Å²) in [5.41, 5.74) is 1.22. The number of methoxy groups -OCH3 is 1. The van der Waals surface area contributed by atoms with E-state index in [0.717, 1.165) is 31.7 Å². The van der Waals surface area contributed by atoms with Crippen LogP contribution in [-0.2, 0) is 4.79 Å². The number of ether oxygens (including phenoxy) is 1. The number of carbonyl (C=O) groups is 1.